The van der Waals surface area contributed by atoms with Gasteiger partial charge in [-0.05, 0) is 58.2 Å². The molecule has 3 rings (SSSR count). The third kappa shape index (κ3) is 4.75. The highest BCUT2D eigenvalue weighted by Crippen LogP contribution is 2.22. The van der Waals surface area contributed by atoms with E-state index in [2.05, 4.69) is 33.0 Å². The molecular formula is C19H21BrClN3O. The number of carbonyl (C=O) groups excluding carboxylic acids is 1. The predicted molar refractivity (Wildman–Crippen MR) is 106 cm³/mol. The Kier molecular flexibility index (Phi) is 5.99. The maximum Gasteiger partial charge on any atom is 0.255 e. The van der Waals surface area contributed by atoms with E-state index in [1.54, 1.807) is 18.2 Å². The first kappa shape index (κ1) is 18.2. The number of rotatable bonds is 4. The molecule has 2 aromatic carbocycles. The summed E-state index contributed by atoms with van der Waals surface area (Å²) >= 11 is 9.35. The molecule has 1 aliphatic heterocycles. The summed E-state index contributed by atoms with van der Waals surface area (Å²) in [5, 5.41) is 0.768. The van der Waals surface area contributed by atoms with Crippen molar-refractivity contribution in [1.29, 1.82) is 0 Å². The van der Waals surface area contributed by atoms with Crippen LogP contribution in [0.15, 0.2) is 46.9 Å². The molecule has 0 aromatic heterocycles. The molecule has 1 aliphatic rings. The third-order valence-electron chi connectivity index (χ3n) is 4.51. The van der Waals surface area contributed by atoms with Crippen LogP contribution in [0, 0.1) is 0 Å². The average molecular weight is 423 g/mol. The molecule has 1 heterocycles. The van der Waals surface area contributed by atoms with E-state index in [-0.39, 0.29) is 5.91 Å². The number of benzene rings is 2. The highest BCUT2D eigenvalue weighted by Gasteiger charge is 2.23. The number of halogens is 2. The van der Waals surface area contributed by atoms with Crippen molar-refractivity contribution >= 4 is 39.1 Å². The molecule has 2 aromatic rings. The second-order valence-corrected chi connectivity index (χ2v) is 7.54. The summed E-state index contributed by atoms with van der Waals surface area (Å²) in [6.45, 7) is 4.28. The van der Waals surface area contributed by atoms with E-state index in [9.17, 15) is 4.79 Å². The fourth-order valence-electron chi connectivity index (χ4n) is 2.99. The molecule has 0 unspecified atom stereocenters. The normalized spacial score (nSPS) is 15.4. The Morgan fingerprint density at radius 1 is 1.08 bits per heavy atom. The molecule has 0 atom stereocenters. The van der Waals surface area contributed by atoms with Crippen LogP contribution < -0.4 is 5.73 Å². The van der Waals surface area contributed by atoms with Crippen LogP contribution in [0.3, 0.4) is 0 Å². The summed E-state index contributed by atoms with van der Waals surface area (Å²) in [6, 6.07) is 13.3. The first-order valence-electron chi connectivity index (χ1n) is 8.34. The molecule has 0 spiro atoms. The van der Waals surface area contributed by atoms with E-state index in [4.69, 9.17) is 17.3 Å². The van der Waals surface area contributed by atoms with Crippen LogP contribution in [0.2, 0.25) is 5.02 Å². The van der Waals surface area contributed by atoms with Crippen molar-refractivity contribution in [3.63, 3.8) is 0 Å². The van der Waals surface area contributed by atoms with E-state index in [1.165, 1.54) is 5.56 Å². The van der Waals surface area contributed by atoms with Gasteiger partial charge < -0.3 is 10.6 Å². The lowest BCUT2D eigenvalue weighted by atomic mass is 10.1. The highest BCUT2D eigenvalue weighted by atomic mass is 79.9. The maximum absolute atomic E-state index is 12.7. The van der Waals surface area contributed by atoms with Gasteiger partial charge in [0.05, 0.1) is 5.56 Å². The van der Waals surface area contributed by atoms with Gasteiger partial charge in [-0.2, -0.15) is 0 Å². The largest absolute Gasteiger partial charge is 0.399 e. The Hall–Kier alpha value is -1.56. The summed E-state index contributed by atoms with van der Waals surface area (Å²) in [6.07, 6.45) is 0.995. The van der Waals surface area contributed by atoms with Crippen LogP contribution in [-0.4, -0.2) is 48.4 Å². The number of piperazine rings is 1. The third-order valence-corrected chi connectivity index (χ3v) is 5.42. The summed E-state index contributed by atoms with van der Waals surface area (Å²) < 4.78 is 0.752. The van der Waals surface area contributed by atoms with Crippen LogP contribution in [-0.2, 0) is 6.42 Å². The van der Waals surface area contributed by atoms with Gasteiger partial charge in [-0.3, -0.25) is 9.69 Å². The number of hydrogen-bond acceptors (Lipinski definition) is 3. The number of hydrogen-bond donors (Lipinski definition) is 1. The zero-order chi connectivity index (χ0) is 17.8. The van der Waals surface area contributed by atoms with Crippen molar-refractivity contribution in [3.8, 4) is 0 Å². The minimum atomic E-state index is 0.0595. The Bertz CT molecular complexity index is 743. The topological polar surface area (TPSA) is 49.6 Å². The second-order valence-electron chi connectivity index (χ2n) is 6.25. The monoisotopic (exact) mass is 421 g/mol. The van der Waals surface area contributed by atoms with E-state index < -0.39 is 0 Å². The molecule has 132 valence electrons. The lowest BCUT2D eigenvalue weighted by molar-refractivity contribution is 0.0637. The summed E-state index contributed by atoms with van der Waals surface area (Å²) in [5.74, 6) is 0.0595. The van der Waals surface area contributed by atoms with Crippen molar-refractivity contribution in [3.05, 3.63) is 63.1 Å². The van der Waals surface area contributed by atoms with E-state index in [0.717, 1.165) is 48.6 Å². The number of anilines is 1. The molecule has 1 saturated heterocycles. The Balaban J connectivity index is 1.51. The Morgan fingerprint density at radius 2 is 1.76 bits per heavy atom. The van der Waals surface area contributed by atoms with Gasteiger partial charge in [0.15, 0.2) is 0 Å². The van der Waals surface area contributed by atoms with Gasteiger partial charge in [-0.25, -0.2) is 0 Å². The van der Waals surface area contributed by atoms with Crippen LogP contribution in [0.5, 0.6) is 0 Å². The number of carbonyl (C=O) groups is 1. The number of nitrogens with two attached hydrogens (primary N) is 1. The van der Waals surface area contributed by atoms with Gasteiger partial charge in [0.2, 0.25) is 0 Å². The SMILES string of the molecule is Nc1ccc(C(=O)N2CCN(CCc3ccc(Cl)cc3)CC2)c(Br)c1. The van der Waals surface area contributed by atoms with E-state index in [0.29, 0.717) is 11.3 Å². The lowest BCUT2D eigenvalue weighted by Crippen LogP contribution is -2.49. The highest BCUT2D eigenvalue weighted by molar-refractivity contribution is 9.10. The van der Waals surface area contributed by atoms with Gasteiger partial charge in [-0.1, -0.05) is 23.7 Å². The number of nitrogen functional groups attached to an aromatic ring is 1. The standard InChI is InChI=1S/C19H21BrClN3O/c20-18-13-16(22)5-6-17(18)19(25)24-11-9-23(10-12-24)8-7-14-1-3-15(21)4-2-14/h1-6,13H,7-12,22H2. The first-order chi connectivity index (χ1) is 12.0. The summed E-state index contributed by atoms with van der Waals surface area (Å²) in [7, 11) is 0. The molecule has 1 fully saturated rings. The van der Waals surface area contributed by atoms with Crippen molar-refractivity contribution in [1.82, 2.24) is 9.80 Å². The molecule has 6 heteroatoms. The van der Waals surface area contributed by atoms with Crippen LogP contribution in [0.4, 0.5) is 5.69 Å². The Labute approximate surface area is 161 Å². The zero-order valence-electron chi connectivity index (χ0n) is 13.9. The smallest absolute Gasteiger partial charge is 0.255 e. The Morgan fingerprint density at radius 3 is 2.40 bits per heavy atom. The molecule has 0 aliphatic carbocycles. The maximum atomic E-state index is 12.7. The predicted octanol–water partition coefficient (Wildman–Crippen LogP) is 3.69. The quantitative estimate of drug-likeness (QED) is 0.765. The van der Waals surface area contributed by atoms with Gasteiger partial charge >= 0.3 is 0 Å². The fraction of sp³-hybridized carbons (Fsp3) is 0.316. The molecule has 0 saturated carbocycles. The van der Waals surface area contributed by atoms with Crippen LogP contribution in [0.25, 0.3) is 0 Å². The van der Waals surface area contributed by atoms with Crippen LogP contribution >= 0.6 is 27.5 Å². The number of nitrogens with zero attached hydrogens (tertiary/aromatic N) is 2. The molecule has 4 nitrogen and oxygen atoms in total. The summed E-state index contributed by atoms with van der Waals surface area (Å²) in [5.41, 5.74) is 8.35. The minimum absolute atomic E-state index is 0.0595. The molecule has 25 heavy (non-hydrogen) atoms. The van der Waals surface area contributed by atoms with Gasteiger partial charge in [0.1, 0.15) is 0 Å². The van der Waals surface area contributed by atoms with E-state index >= 15 is 0 Å². The molecule has 1 amide bonds. The van der Waals surface area contributed by atoms with Crippen LogP contribution in [0.1, 0.15) is 15.9 Å². The molecule has 0 radical (unpaired) electrons. The zero-order valence-corrected chi connectivity index (χ0v) is 16.3. The average Bonchev–Trinajstić information content (AvgIpc) is 2.61. The number of amides is 1. The molecule has 0 bridgehead atoms. The molecule has 2 N–H and O–H groups in total. The minimum Gasteiger partial charge on any atom is -0.399 e. The van der Waals surface area contributed by atoms with Crippen molar-refractivity contribution in [2.45, 2.75) is 6.42 Å². The van der Waals surface area contributed by atoms with E-state index in [1.807, 2.05) is 17.0 Å². The lowest BCUT2D eigenvalue weighted by Gasteiger charge is -2.35. The van der Waals surface area contributed by atoms with Gasteiger partial charge in [0, 0.05) is 47.9 Å². The summed E-state index contributed by atoms with van der Waals surface area (Å²) in [4.78, 5) is 17.0. The van der Waals surface area contributed by atoms with Gasteiger partial charge in [0.25, 0.3) is 5.91 Å². The second kappa shape index (κ2) is 8.21. The van der Waals surface area contributed by atoms with Gasteiger partial charge in [-0.15, -0.1) is 0 Å². The van der Waals surface area contributed by atoms with Crippen molar-refractivity contribution < 1.29 is 4.79 Å². The first-order valence-corrected chi connectivity index (χ1v) is 9.51. The fourth-order valence-corrected chi connectivity index (χ4v) is 3.68. The molecular weight excluding hydrogens is 402 g/mol. The van der Waals surface area contributed by atoms with Crippen molar-refractivity contribution in [2.75, 3.05) is 38.5 Å². The van der Waals surface area contributed by atoms with Crippen molar-refractivity contribution in [2.24, 2.45) is 0 Å².